The van der Waals surface area contributed by atoms with Crippen molar-refractivity contribution in [1.82, 2.24) is 27.6 Å². The SMILES string of the molecule is O=C(c1cnn2ccc(C3CCN(S(=O)(=O)c4cccc5nsnc45)CC3)cc12)N1CCCC1. The molecule has 1 amide bonds. The van der Waals surface area contributed by atoms with E-state index in [4.69, 9.17) is 0 Å². The second-order valence-corrected chi connectivity index (χ2v) is 11.3. The first-order valence-corrected chi connectivity index (χ1v) is 13.7. The third-order valence-corrected chi connectivity index (χ3v) is 9.43. The van der Waals surface area contributed by atoms with Gasteiger partial charge in [-0.3, -0.25) is 4.79 Å². The molecule has 0 N–H and O–H groups in total. The fourth-order valence-electron chi connectivity index (χ4n) is 5.06. The van der Waals surface area contributed by atoms with E-state index in [0.717, 1.165) is 48.7 Å². The number of fused-ring (bicyclic) bond motifs is 2. The van der Waals surface area contributed by atoms with Crippen LogP contribution in [0, 0.1) is 0 Å². The van der Waals surface area contributed by atoms with Crippen LogP contribution in [0.1, 0.15) is 47.5 Å². The van der Waals surface area contributed by atoms with Gasteiger partial charge in [-0.2, -0.15) is 18.2 Å². The van der Waals surface area contributed by atoms with Gasteiger partial charge in [0.05, 0.1) is 29.0 Å². The molecule has 3 aromatic heterocycles. The molecular weight excluding hydrogens is 472 g/mol. The Morgan fingerprint density at radius 1 is 1.03 bits per heavy atom. The summed E-state index contributed by atoms with van der Waals surface area (Å²) in [5.74, 6) is 0.258. The molecule has 0 bridgehead atoms. The number of hydrogen-bond acceptors (Lipinski definition) is 7. The molecule has 4 aromatic rings. The Balaban J connectivity index is 1.22. The van der Waals surface area contributed by atoms with E-state index in [1.54, 1.807) is 33.2 Å². The van der Waals surface area contributed by atoms with E-state index in [-0.39, 0.29) is 16.7 Å². The van der Waals surface area contributed by atoms with E-state index in [0.29, 0.717) is 42.5 Å². The lowest BCUT2D eigenvalue weighted by Crippen LogP contribution is -2.38. The Kier molecular flexibility index (Phi) is 5.34. The van der Waals surface area contributed by atoms with Crippen LogP contribution < -0.4 is 0 Å². The lowest BCUT2D eigenvalue weighted by atomic mass is 9.90. The predicted octanol–water partition coefficient (Wildman–Crippen LogP) is 3.14. The Hall–Kier alpha value is -2.89. The zero-order valence-corrected chi connectivity index (χ0v) is 20.1. The lowest BCUT2D eigenvalue weighted by molar-refractivity contribution is 0.0794. The number of nitrogens with zero attached hydrogens (tertiary/aromatic N) is 6. The maximum atomic E-state index is 13.3. The lowest BCUT2D eigenvalue weighted by Gasteiger charge is -2.31. The van der Waals surface area contributed by atoms with Gasteiger partial charge in [0.2, 0.25) is 10.0 Å². The molecule has 2 fully saturated rings. The number of pyridine rings is 1. The Bertz CT molecular complexity index is 1480. The summed E-state index contributed by atoms with van der Waals surface area (Å²) >= 11 is 1.02. The third kappa shape index (κ3) is 3.58. The van der Waals surface area contributed by atoms with Crippen molar-refractivity contribution in [3.05, 3.63) is 53.9 Å². The van der Waals surface area contributed by atoms with Crippen LogP contribution in [0.4, 0.5) is 0 Å². The fourth-order valence-corrected chi connectivity index (χ4v) is 7.29. The van der Waals surface area contributed by atoms with Crippen LogP contribution in [0.25, 0.3) is 16.6 Å². The van der Waals surface area contributed by atoms with Crippen molar-refractivity contribution in [2.24, 2.45) is 0 Å². The van der Waals surface area contributed by atoms with Crippen LogP contribution in [0.5, 0.6) is 0 Å². The average molecular weight is 497 g/mol. The van der Waals surface area contributed by atoms with E-state index in [2.05, 4.69) is 13.8 Å². The van der Waals surface area contributed by atoms with Gasteiger partial charge in [0.25, 0.3) is 5.91 Å². The van der Waals surface area contributed by atoms with Crippen LogP contribution in [-0.2, 0) is 10.0 Å². The summed E-state index contributed by atoms with van der Waals surface area (Å²) < 4.78 is 38.3. The highest BCUT2D eigenvalue weighted by molar-refractivity contribution is 7.89. The summed E-state index contributed by atoms with van der Waals surface area (Å²) in [7, 11) is -3.64. The number of likely N-dealkylation sites (tertiary alicyclic amines) is 1. The zero-order chi connectivity index (χ0) is 23.3. The first-order chi connectivity index (χ1) is 16.5. The van der Waals surface area contributed by atoms with Crippen LogP contribution in [0.3, 0.4) is 0 Å². The number of sulfonamides is 1. The third-order valence-electron chi connectivity index (χ3n) is 6.96. The number of carbonyl (C=O) groups is 1. The van der Waals surface area contributed by atoms with Gasteiger partial charge in [-0.05, 0) is 61.4 Å². The smallest absolute Gasteiger partial charge is 0.257 e. The van der Waals surface area contributed by atoms with Crippen LogP contribution in [0.15, 0.2) is 47.6 Å². The molecule has 6 rings (SSSR count). The molecule has 0 aliphatic carbocycles. The van der Waals surface area contributed by atoms with Crippen molar-refractivity contribution in [3.8, 4) is 0 Å². The average Bonchev–Trinajstić information content (AvgIpc) is 3.63. The van der Waals surface area contributed by atoms with Gasteiger partial charge in [-0.25, -0.2) is 12.9 Å². The summed E-state index contributed by atoms with van der Waals surface area (Å²) in [6.07, 6.45) is 7.07. The van der Waals surface area contributed by atoms with E-state index in [1.807, 2.05) is 23.2 Å². The largest absolute Gasteiger partial charge is 0.339 e. The van der Waals surface area contributed by atoms with Crippen molar-refractivity contribution in [2.75, 3.05) is 26.2 Å². The molecule has 176 valence electrons. The second kappa shape index (κ2) is 8.40. The second-order valence-electron chi connectivity index (χ2n) is 8.91. The van der Waals surface area contributed by atoms with Gasteiger partial charge in [0, 0.05) is 32.4 Å². The number of carbonyl (C=O) groups excluding carboxylic acids is 1. The normalized spacial score (nSPS) is 18.3. The van der Waals surface area contributed by atoms with Crippen molar-refractivity contribution in [1.29, 1.82) is 0 Å². The quantitative estimate of drug-likeness (QED) is 0.430. The minimum Gasteiger partial charge on any atom is -0.339 e. The monoisotopic (exact) mass is 496 g/mol. The van der Waals surface area contributed by atoms with Crippen molar-refractivity contribution in [2.45, 2.75) is 36.5 Å². The highest BCUT2D eigenvalue weighted by Crippen LogP contribution is 2.33. The number of rotatable bonds is 4. The molecule has 0 saturated carbocycles. The van der Waals surface area contributed by atoms with Gasteiger partial charge < -0.3 is 4.90 Å². The first kappa shape index (κ1) is 21.6. The zero-order valence-electron chi connectivity index (χ0n) is 18.5. The number of hydrogen-bond donors (Lipinski definition) is 0. The van der Waals surface area contributed by atoms with Gasteiger partial charge in [-0.15, -0.1) is 0 Å². The highest BCUT2D eigenvalue weighted by Gasteiger charge is 2.32. The number of piperidine rings is 1. The van der Waals surface area contributed by atoms with Gasteiger partial charge in [0.15, 0.2) is 0 Å². The van der Waals surface area contributed by atoms with Gasteiger partial charge in [0.1, 0.15) is 15.9 Å². The molecule has 1 aromatic carbocycles. The first-order valence-electron chi connectivity index (χ1n) is 11.5. The molecular formula is C23H24N6O3S2. The Morgan fingerprint density at radius 3 is 2.62 bits per heavy atom. The summed E-state index contributed by atoms with van der Waals surface area (Å²) in [6, 6.07) is 9.18. The van der Waals surface area contributed by atoms with E-state index < -0.39 is 10.0 Å². The van der Waals surface area contributed by atoms with Crippen LogP contribution in [-0.4, -0.2) is 68.1 Å². The summed E-state index contributed by atoms with van der Waals surface area (Å²) in [5.41, 5.74) is 3.61. The maximum absolute atomic E-state index is 13.3. The van der Waals surface area contributed by atoms with Crippen LogP contribution in [0.2, 0.25) is 0 Å². The minimum atomic E-state index is -3.64. The molecule has 2 saturated heterocycles. The molecule has 0 atom stereocenters. The number of aromatic nitrogens is 4. The van der Waals surface area contributed by atoms with Crippen LogP contribution >= 0.6 is 11.7 Å². The number of amides is 1. The Morgan fingerprint density at radius 2 is 1.82 bits per heavy atom. The molecule has 5 heterocycles. The molecule has 0 spiro atoms. The molecule has 2 aliphatic heterocycles. The highest BCUT2D eigenvalue weighted by atomic mass is 32.2. The predicted molar refractivity (Wildman–Crippen MR) is 128 cm³/mol. The summed E-state index contributed by atoms with van der Waals surface area (Å²) in [4.78, 5) is 15.1. The molecule has 11 heteroatoms. The molecule has 34 heavy (non-hydrogen) atoms. The molecule has 9 nitrogen and oxygen atoms in total. The molecule has 0 radical (unpaired) electrons. The van der Waals surface area contributed by atoms with E-state index >= 15 is 0 Å². The van der Waals surface area contributed by atoms with E-state index in [1.165, 1.54) is 0 Å². The minimum absolute atomic E-state index is 0.0382. The van der Waals surface area contributed by atoms with Crippen molar-refractivity contribution >= 4 is 44.2 Å². The Labute approximate surface area is 201 Å². The number of benzene rings is 1. The van der Waals surface area contributed by atoms with Crippen molar-refractivity contribution in [3.63, 3.8) is 0 Å². The van der Waals surface area contributed by atoms with Crippen molar-refractivity contribution < 1.29 is 13.2 Å². The summed E-state index contributed by atoms with van der Waals surface area (Å²) in [6.45, 7) is 2.47. The van der Waals surface area contributed by atoms with Gasteiger partial charge >= 0.3 is 0 Å². The fraction of sp³-hybridized carbons (Fsp3) is 0.391. The molecule has 2 aliphatic rings. The standard InChI is InChI=1S/C23H24N6O3S2/c30-23(27-9-1-2-10-27)18-15-24-29-13-8-17(14-20(18)29)16-6-11-28(12-7-16)34(31,32)21-5-3-4-19-22(21)26-33-25-19/h3-5,8,13-16H,1-2,6-7,9-12H2. The molecule has 0 unspecified atom stereocenters. The summed E-state index contributed by atoms with van der Waals surface area (Å²) in [5, 5.41) is 4.37. The maximum Gasteiger partial charge on any atom is 0.257 e. The topological polar surface area (TPSA) is 101 Å². The van der Waals surface area contributed by atoms with Gasteiger partial charge in [-0.1, -0.05) is 6.07 Å². The van der Waals surface area contributed by atoms with E-state index in [9.17, 15) is 13.2 Å².